The molecule has 3 rings (SSSR count). The zero-order chi connectivity index (χ0) is 19.2. The molecule has 1 amide bonds. The van der Waals surface area contributed by atoms with Crippen LogP contribution in [0.2, 0.25) is 0 Å². The monoisotopic (exact) mass is 431 g/mol. The zero-order valence-corrected chi connectivity index (χ0v) is 16.5. The zero-order valence-electron chi connectivity index (χ0n) is 14.9. The van der Waals surface area contributed by atoms with Gasteiger partial charge in [0.05, 0.1) is 13.0 Å². The van der Waals surface area contributed by atoms with E-state index in [4.69, 9.17) is 9.84 Å². The Hall–Kier alpha value is -2.34. The molecule has 0 saturated carbocycles. The third-order valence-corrected chi connectivity index (χ3v) is 5.34. The van der Waals surface area contributed by atoms with Gasteiger partial charge in [0.2, 0.25) is 0 Å². The summed E-state index contributed by atoms with van der Waals surface area (Å²) in [6.07, 6.45) is 1.86. The third-order valence-electron chi connectivity index (χ3n) is 4.81. The number of carbonyl (C=O) groups is 2. The molecule has 1 N–H and O–H groups in total. The molecule has 0 spiro atoms. The maximum atomic E-state index is 12.6. The SMILES string of the molecule is O=C(O)CCOc1ccc(C2CCN(C(=O)c3ccc(Br)cc3)CC2)cc1. The highest BCUT2D eigenvalue weighted by molar-refractivity contribution is 9.10. The molecule has 142 valence electrons. The summed E-state index contributed by atoms with van der Waals surface area (Å²) < 4.78 is 6.39. The summed E-state index contributed by atoms with van der Waals surface area (Å²) in [5.41, 5.74) is 1.95. The van der Waals surface area contributed by atoms with Crippen LogP contribution in [0.3, 0.4) is 0 Å². The number of likely N-dealkylation sites (tertiary alicyclic amines) is 1. The summed E-state index contributed by atoms with van der Waals surface area (Å²) in [5, 5.41) is 8.64. The van der Waals surface area contributed by atoms with Gasteiger partial charge in [-0.1, -0.05) is 28.1 Å². The maximum Gasteiger partial charge on any atom is 0.306 e. The van der Waals surface area contributed by atoms with Crippen LogP contribution in [0, 0.1) is 0 Å². The Labute approximate surface area is 167 Å². The fraction of sp³-hybridized carbons (Fsp3) is 0.333. The van der Waals surface area contributed by atoms with Crippen molar-refractivity contribution in [2.75, 3.05) is 19.7 Å². The lowest BCUT2D eigenvalue weighted by molar-refractivity contribution is -0.137. The minimum atomic E-state index is -0.865. The lowest BCUT2D eigenvalue weighted by atomic mass is 9.89. The molecule has 2 aromatic carbocycles. The van der Waals surface area contributed by atoms with Gasteiger partial charge in [0.25, 0.3) is 5.91 Å². The lowest BCUT2D eigenvalue weighted by Gasteiger charge is -2.32. The van der Waals surface area contributed by atoms with E-state index < -0.39 is 5.97 Å². The molecule has 0 aromatic heterocycles. The first kappa shape index (κ1) is 19.4. The Morgan fingerprint density at radius 3 is 2.26 bits per heavy atom. The van der Waals surface area contributed by atoms with Crippen LogP contribution in [0.15, 0.2) is 53.0 Å². The molecule has 2 aromatic rings. The third kappa shape index (κ3) is 5.32. The van der Waals surface area contributed by atoms with E-state index in [9.17, 15) is 9.59 Å². The van der Waals surface area contributed by atoms with Crippen molar-refractivity contribution in [3.8, 4) is 5.75 Å². The quantitative estimate of drug-likeness (QED) is 0.739. The van der Waals surface area contributed by atoms with Crippen LogP contribution in [-0.4, -0.2) is 41.6 Å². The Bertz CT molecular complexity index is 781. The number of carbonyl (C=O) groups excluding carboxylic acids is 1. The standard InChI is InChI=1S/C21H22BrNO4/c22-18-5-1-17(2-6-18)21(26)23-12-9-16(10-13-23)15-3-7-19(8-4-15)27-14-11-20(24)25/h1-8,16H,9-14H2,(H,24,25). The van der Waals surface area contributed by atoms with Gasteiger partial charge in [0, 0.05) is 23.1 Å². The fourth-order valence-electron chi connectivity index (χ4n) is 3.28. The first-order valence-corrected chi connectivity index (χ1v) is 9.81. The summed E-state index contributed by atoms with van der Waals surface area (Å²) in [6.45, 7) is 1.66. The highest BCUT2D eigenvalue weighted by Crippen LogP contribution is 2.30. The van der Waals surface area contributed by atoms with E-state index in [1.807, 2.05) is 53.4 Å². The molecule has 0 radical (unpaired) electrons. The number of aliphatic carboxylic acids is 1. The van der Waals surface area contributed by atoms with E-state index >= 15 is 0 Å². The normalized spacial score (nSPS) is 14.8. The maximum absolute atomic E-state index is 12.6. The number of carboxylic acids is 1. The molecule has 1 aliphatic rings. The molecule has 0 aliphatic carbocycles. The van der Waals surface area contributed by atoms with Gasteiger partial charge in [-0.25, -0.2) is 0 Å². The summed E-state index contributed by atoms with van der Waals surface area (Å²) in [4.78, 5) is 25.0. The molecule has 5 nitrogen and oxygen atoms in total. The lowest BCUT2D eigenvalue weighted by Crippen LogP contribution is -2.37. The van der Waals surface area contributed by atoms with Crippen molar-refractivity contribution in [3.63, 3.8) is 0 Å². The Morgan fingerprint density at radius 2 is 1.67 bits per heavy atom. The Kier molecular flexibility index (Phi) is 6.50. The summed E-state index contributed by atoms with van der Waals surface area (Å²) in [5.74, 6) is 0.328. The average molecular weight is 432 g/mol. The molecule has 1 heterocycles. The predicted molar refractivity (Wildman–Crippen MR) is 106 cm³/mol. The molecule has 0 bridgehead atoms. The van der Waals surface area contributed by atoms with E-state index in [0.29, 0.717) is 11.7 Å². The van der Waals surface area contributed by atoms with Crippen molar-refractivity contribution in [3.05, 3.63) is 64.1 Å². The topological polar surface area (TPSA) is 66.8 Å². The van der Waals surface area contributed by atoms with Crippen molar-refractivity contribution in [1.29, 1.82) is 0 Å². The van der Waals surface area contributed by atoms with Gasteiger partial charge in [0.1, 0.15) is 5.75 Å². The van der Waals surface area contributed by atoms with Crippen LogP contribution in [0.25, 0.3) is 0 Å². The van der Waals surface area contributed by atoms with Crippen LogP contribution in [-0.2, 0) is 4.79 Å². The van der Waals surface area contributed by atoms with E-state index in [1.54, 1.807) is 0 Å². The molecule has 0 unspecified atom stereocenters. The summed E-state index contributed by atoms with van der Waals surface area (Å²) >= 11 is 3.39. The number of rotatable bonds is 6. The Balaban J connectivity index is 1.52. The smallest absolute Gasteiger partial charge is 0.306 e. The fourth-order valence-corrected chi connectivity index (χ4v) is 3.55. The molecule has 1 aliphatic heterocycles. The molecule has 27 heavy (non-hydrogen) atoms. The van der Waals surface area contributed by atoms with Crippen molar-refractivity contribution in [2.45, 2.75) is 25.2 Å². The van der Waals surface area contributed by atoms with Gasteiger partial charge in [-0.05, 0) is 60.7 Å². The predicted octanol–water partition coefficient (Wildman–Crippen LogP) is 4.32. The van der Waals surface area contributed by atoms with Crippen LogP contribution in [0.4, 0.5) is 0 Å². The largest absolute Gasteiger partial charge is 0.493 e. The van der Waals surface area contributed by atoms with E-state index in [1.165, 1.54) is 5.56 Å². The first-order valence-electron chi connectivity index (χ1n) is 9.02. The van der Waals surface area contributed by atoms with Crippen LogP contribution in [0.1, 0.15) is 41.1 Å². The number of hydrogen-bond donors (Lipinski definition) is 1. The van der Waals surface area contributed by atoms with Crippen molar-refractivity contribution in [2.24, 2.45) is 0 Å². The minimum Gasteiger partial charge on any atom is -0.493 e. The molecule has 1 fully saturated rings. The minimum absolute atomic E-state index is 0.00733. The highest BCUT2D eigenvalue weighted by Gasteiger charge is 2.24. The van der Waals surface area contributed by atoms with Crippen LogP contribution in [0.5, 0.6) is 5.75 Å². The second-order valence-electron chi connectivity index (χ2n) is 6.63. The van der Waals surface area contributed by atoms with Crippen molar-refractivity contribution in [1.82, 2.24) is 4.90 Å². The second-order valence-corrected chi connectivity index (χ2v) is 7.55. The second kappa shape index (κ2) is 9.04. The van der Waals surface area contributed by atoms with Gasteiger partial charge in [-0.2, -0.15) is 0 Å². The van der Waals surface area contributed by atoms with E-state index in [2.05, 4.69) is 15.9 Å². The number of carboxylic acid groups (broad SMARTS) is 1. The van der Waals surface area contributed by atoms with Gasteiger partial charge in [-0.15, -0.1) is 0 Å². The van der Waals surface area contributed by atoms with Crippen molar-refractivity contribution < 1.29 is 19.4 Å². The molecule has 1 saturated heterocycles. The number of nitrogens with zero attached hydrogens (tertiary/aromatic N) is 1. The average Bonchev–Trinajstić information content (AvgIpc) is 2.68. The molecular weight excluding hydrogens is 410 g/mol. The number of halogens is 1. The summed E-state index contributed by atoms with van der Waals surface area (Å²) in [7, 11) is 0. The number of amides is 1. The Morgan fingerprint density at radius 1 is 1.04 bits per heavy atom. The van der Waals surface area contributed by atoms with Gasteiger partial charge < -0.3 is 14.7 Å². The number of hydrogen-bond acceptors (Lipinski definition) is 3. The first-order chi connectivity index (χ1) is 13.0. The van der Waals surface area contributed by atoms with Gasteiger partial charge in [-0.3, -0.25) is 9.59 Å². The number of ether oxygens (including phenoxy) is 1. The van der Waals surface area contributed by atoms with E-state index in [-0.39, 0.29) is 18.9 Å². The van der Waals surface area contributed by atoms with Crippen LogP contribution < -0.4 is 4.74 Å². The van der Waals surface area contributed by atoms with E-state index in [0.717, 1.165) is 36.0 Å². The number of piperidine rings is 1. The summed E-state index contributed by atoms with van der Waals surface area (Å²) in [6, 6.07) is 15.3. The van der Waals surface area contributed by atoms with Gasteiger partial charge in [0.15, 0.2) is 0 Å². The number of benzene rings is 2. The van der Waals surface area contributed by atoms with Gasteiger partial charge >= 0.3 is 5.97 Å². The molecular formula is C21H22BrNO4. The highest BCUT2D eigenvalue weighted by atomic mass is 79.9. The molecule has 0 atom stereocenters. The molecule has 6 heteroatoms. The van der Waals surface area contributed by atoms with Crippen LogP contribution >= 0.6 is 15.9 Å². The van der Waals surface area contributed by atoms with Crippen molar-refractivity contribution >= 4 is 27.8 Å².